The third-order valence-electron chi connectivity index (χ3n) is 5.00. The maximum Gasteiger partial charge on any atom is 0.278 e. The summed E-state index contributed by atoms with van der Waals surface area (Å²) in [5.74, 6) is -0.585. The van der Waals surface area contributed by atoms with E-state index in [9.17, 15) is 9.90 Å². The molecule has 1 aliphatic heterocycles. The van der Waals surface area contributed by atoms with Crippen LogP contribution in [0.2, 0.25) is 5.02 Å². The average Bonchev–Trinajstić information content (AvgIpc) is 3.09. The smallest absolute Gasteiger partial charge is 0.278 e. The van der Waals surface area contributed by atoms with Crippen molar-refractivity contribution in [1.82, 2.24) is 14.9 Å². The number of benzene rings is 2. The third-order valence-corrected chi connectivity index (χ3v) is 5.24. The Labute approximate surface area is 162 Å². The normalized spacial score (nSPS) is 16.8. The molecule has 1 aromatic heterocycles. The Balaban J connectivity index is 1.63. The van der Waals surface area contributed by atoms with Crippen molar-refractivity contribution in [2.45, 2.75) is 32.2 Å². The zero-order valence-corrected chi connectivity index (χ0v) is 15.8. The SMILES string of the molecule is Cc1ccc2nc(O)c(C(=O)N3CCCC3Cc3cccc(Cl)c3)nc2c1. The number of halogens is 1. The fourth-order valence-corrected chi connectivity index (χ4v) is 3.90. The molecule has 1 saturated heterocycles. The quantitative estimate of drug-likeness (QED) is 0.740. The van der Waals surface area contributed by atoms with E-state index in [0.29, 0.717) is 22.6 Å². The van der Waals surface area contributed by atoms with Crippen molar-refractivity contribution in [3.8, 4) is 5.88 Å². The van der Waals surface area contributed by atoms with Gasteiger partial charge >= 0.3 is 0 Å². The number of hydrogen-bond donors (Lipinski definition) is 1. The molecule has 0 bridgehead atoms. The lowest BCUT2D eigenvalue weighted by atomic mass is 10.0. The number of aromatic hydroxyl groups is 1. The van der Waals surface area contributed by atoms with Crippen LogP contribution in [0, 0.1) is 6.92 Å². The van der Waals surface area contributed by atoms with E-state index < -0.39 is 0 Å². The van der Waals surface area contributed by atoms with Crippen molar-refractivity contribution < 1.29 is 9.90 Å². The zero-order chi connectivity index (χ0) is 19.0. The third kappa shape index (κ3) is 3.60. The largest absolute Gasteiger partial charge is 0.492 e. The summed E-state index contributed by atoms with van der Waals surface area (Å²) in [5, 5.41) is 11.0. The molecule has 3 aromatic rings. The number of rotatable bonds is 3. The Hall–Kier alpha value is -2.66. The van der Waals surface area contributed by atoms with Gasteiger partial charge in [-0.25, -0.2) is 9.97 Å². The van der Waals surface area contributed by atoms with Gasteiger partial charge in [0.2, 0.25) is 5.88 Å². The topological polar surface area (TPSA) is 66.3 Å². The van der Waals surface area contributed by atoms with E-state index in [1.54, 1.807) is 11.0 Å². The van der Waals surface area contributed by atoms with Crippen molar-refractivity contribution in [3.63, 3.8) is 0 Å². The zero-order valence-electron chi connectivity index (χ0n) is 15.0. The van der Waals surface area contributed by atoms with Gasteiger partial charge in [0.1, 0.15) is 0 Å². The number of likely N-dealkylation sites (tertiary alicyclic amines) is 1. The number of fused-ring (bicyclic) bond motifs is 1. The first-order valence-corrected chi connectivity index (χ1v) is 9.42. The van der Waals surface area contributed by atoms with E-state index in [1.165, 1.54) is 0 Å². The molecule has 0 spiro atoms. The summed E-state index contributed by atoms with van der Waals surface area (Å²) in [6.45, 7) is 2.61. The van der Waals surface area contributed by atoms with Crippen LogP contribution in [0.15, 0.2) is 42.5 Å². The van der Waals surface area contributed by atoms with Crippen LogP contribution < -0.4 is 0 Å². The first kappa shape index (κ1) is 17.7. The van der Waals surface area contributed by atoms with Gasteiger partial charge in [-0.2, -0.15) is 0 Å². The number of amides is 1. The molecule has 6 heteroatoms. The number of aromatic nitrogens is 2. The maximum absolute atomic E-state index is 13.1. The van der Waals surface area contributed by atoms with Crippen molar-refractivity contribution in [2.24, 2.45) is 0 Å². The van der Waals surface area contributed by atoms with Gasteiger partial charge in [0.05, 0.1) is 11.0 Å². The van der Waals surface area contributed by atoms with Gasteiger partial charge in [-0.3, -0.25) is 4.79 Å². The van der Waals surface area contributed by atoms with Gasteiger partial charge in [-0.15, -0.1) is 0 Å². The summed E-state index contributed by atoms with van der Waals surface area (Å²) in [5.41, 5.74) is 3.33. The molecule has 0 radical (unpaired) electrons. The summed E-state index contributed by atoms with van der Waals surface area (Å²) in [6.07, 6.45) is 2.57. The van der Waals surface area contributed by atoms with Crippen LogP contribution in [0.25, 0.3) is 11.0 Å². The second-order valence-corrected chi connectivity index (χ2v) is 7.45. The molecule has 1 amide bonds. The highest BCUT2D eigenvalue weighted by Crippen LogP contribution is 2.27. The van der Waals surface area contributed by atoms with E-state index >= 15 is 0 Å². The minimum Gasteiger partial charge on any atom is -0.492 e. The monoisotopic (exact) mass is 381 g/mol. The van der Waals surface area contributed by atoms with Crippen molar-refractivity contribution in [1.29, 1.82) is 0 Å². The second-order valence-electron chi connectivity index (χ2n) is 7.02. The standard InChI is InChI=1S/C21H20ClN3O2/c1-13-7-8-17-18(10-13)23-19(20(26)24-17)21(27)25-9-3-6-16(25)12-14-4-2-5-15(22)11-14/h2,4-5,7-8,10-11,16H,3,6,9,12H2,1H3,(H,24,26). The first-order valence-electron chi connectivity index (χ1n) is 9.04. The summed E-state index contributed by atoms with van der Waals surface area (Å²) >= 11 is 6.08. The predicted octanol–water partition coefficient (Wildman–Crippen LogP) is 4.14. The lowest BCUT2D eigenvalue weighted by Gasteiger charge is -2.24. The maximum atomic E-state index is 13.1. The van der Waals surface area contributed by atoms with Crippen LogP contribution in [-0.2, 0) is 6.42 Å². The molecule has 1 unspecified atom stereocenters. The lowest BCUT2D eigenvalue weighted by molar-refractivity contribution is 0.0726. The number of carbonyl (C=O) groups excluding carboxylic acids is 1. The fourth-order valence-electron chi connectivity index (χ4n) is 3.69. The summed E-state index contributed by atoms with van der Waals surface area (Å²) in [4.78, 5) is 23.5. The Morgan fingerprint density at radius 3 is 2.89 bits per heavy atom. The van der Waals surface area contributed by atoms with Gasteiger partial charge in [0, 0.05) is 17.6 Å². The van der Waals surface area contributed by atoms with Crippen LogP contribution in [0.5, 0.6) is 5.88 Å². The Morgan fingerprint density at radius 1 is 1.22 bits per heavy atom. The highest BCUT2D eigenvalue weighted by atomic mass is 35.5. The van der Waals surface area contributed by atoms with Gasteiger partial charge in [-0.05, 0) is 61.6 Å². The van der Waals surface area contributed by atoms with E-state index in [2.05, 4.69) is 9.97 Å². The molecule has 1 aliphatic rings. The highest BCUT2D eigenvalue weighted by molar-refractivity contribution is 6.30. The van der Waals surface area contributed by atoms with E-state index in [1.807, 2.05) is 43.3 Å². The second kappa shape index (κ2) is 7.16. The molecule has 27 heavy (non-hydrogen) atoms. The van der Waals surface area contributed by atoms with Gasteiger partial charge in [-0.1, -0.05) is 29.8 Å². The molecule has 2 heterocycles. The van der Waals surface area contributed by atoms with Crippen molar-refractivity contribution >= 4 is 28.5 Å². The number of carbonyl (C=O) groups is 1. The number of aryl methyl sites for hydroxylation is 1. The number of hydrogen-bond acceptors (Lipinski definition) is 4. The fraction of sp³-hybridized carbons (Fsp3) is 0.286. The summed E-state index contributed by atoms with van der Waals surface area (Å²) in [7, 11) is 0. The predicted molar refractivity (Wildman–Crippen MR) is 105 cm³/mol. The molecule has 1 N–H and O–H groups in total. The van der Waals surface area contributed by atoms with Crippen molar-refractivity contribution in [3.05, 3.63) is 64.3 Å². The minimum atomic E-state index is -0.315. The molecule has 0 aliphatic carbocycles. The van der Waals surface area contributed by atoms with Crippen LogP contribution in [-0.4, -0.2) is 38.5 Å². The van der Waals surface area contributed by atoms with E-state index in [4.69, 9.17) is 11.6 Å². The minimum absolute atomic E-state index is 0.0195. The van der Waals surface area contributed by atoms with Crippen LogP contribution in [0.1, 0.15) is 34.5 Å². The lowest BCUT2D eigenvalue weighted by Crippen LogP contribution is -2.37. The summed E-state index contributed by atoms with van der Waals surface area (Å²) < 4.78 is 0. The Bertz CT molecular complexity index is 1020. The Kier molecular flexibility index (Phi) is 4.70. The average molecular weight is 382 g/mol. The van der Waals surface area contributed by atoms with Gasteiger partial charge in [0.25, 0.3) is 5.91 Å². The molecule has 1 fully saturated rings. The summed E-state index contributed by atoms with van der Waals surface area (Å²) in [6, 6.07) is 13.3. The van der Waals surface area contributed by atoms with E-state index in [-0.39, 0.29) is 23.5 Å². The molecule has 2 aromatic carbocycles. The molecule has 4 rings (SSSR count). The number of nitrogens with zero attached hydrogens (tertiary/aromatic N) is 3. The van der Waals surface area contributed by atoms with Gasteiger partial charge in [0.15, 0.2) is 5.69 Å². The molecular formula is C21H20ClN3O2. The molecule has 1 atom stereocenters. The van der Waals surface area contributed by atoms with E-state index in [0.717, 1.165) is 30.4 Å². The Morgan fingerprint density at radius 2 is 2.07 bits per heavy atom. The van der Waals surface area contributed by atoms with Crippen LogP contribution in [0.3, 0.4) is 0 Å². The van der Waals surface area contributed by atoms with Crippen molar-refractivity contribution in [2.75, 3.05) is 6.54 Å². The molecular weight excluding hydrogens is 362 g/mol. The molecule has 0 saturated carbocycles. The highest BCUT2D eigenvalue weighted by Gasteiger charge is 2.32. The molecule has 138 valence electrons. The van der Waals surface area contributed by atoms with Crippen LogP contribution >= 0.6 is 11.6 Å². The first-order chi connectivity index (χ1) is 13.0. The molecule has 5 nitrogen and oxygen atoms in total. The van der Waals surface area contributed by atoms with Gasteiger partial charge < -0.3 is 10.0 Å². The van der Waals surface area contributed by atoms with Crippen LogP contribution in [0.4, 0.5) is 0 Å².